The highest BCUT2D eigenvalue weighted by atomic mass is 35.5. The molecule has 0 bridgehead atoms. The Hall–Kier alpha value is -2.27. The lowest BCUT2D eigenvalue weighted by Crippen LogP contribution is -2.60. The van der Waals surface area contributed by atoms with E-state index in [9.17, 15) is 24.6 Å². The number of aliphatic hydroxyl groups excluding tert-OH is 2. The first-order valence-electron chi connectivity index (χ1n) is 22.9. The van der Waals surface area contributed by atoms with E-state index in [2.05, 4.69) is 43.1 Å². The largest absolute Gasteiger partial charge is 0.394 e. The predicted octanol–water partition coefficient (Wildman–Crippen LogP) is 9.55. The molecule has 0 heterocycles. The third kappa shape index (κ3) is 32.3. The molecule has 0 aromatic heterocycles. The molecule has 0 aliphatic carbocycles. The summed E-state index contributed by atoms with van der Waals surface area (Å²) >= 11 is 0. The van der Waals surface area contributed by atoms with Crippen molar-refractivity contribution in [3.63, 3.8) is 0 Å². The van der Waals surface area contributed by atoms with Gasteiger partial charge in [-0.05, 0) is 77.0 Å². The minimum absolute atomic E-state index is 0. The van der Waals surface area contributed by atoms with E-state index >= 15 is 0 Å². The van der Waals surface area contributed by atoms with Crippen molar-refractivity contribution in [2.24, 2.45) is 22.2 Å². The Labute approximate surface area is 355 Å². The molecule has 0 saturated heterocycles. The molecule has 0 saturated carbocycles. The van der Waals surface area contributed by atoms with Gasteiger partial charge < -0.3 is 32.3 Å². The molecule has 0 spiro atoms. The van der Waals surface area contributed by atoms with Crippen LogP contribution in [-0.2, 0) is 14.4 Å². The van der Waals surface area contributed by atoms with Gasteiger partial charge in [0.2, 0.25) is 5.91 Å². The number of hydrogen-bond acceptors (Lipinski definition) is 7. The quantitative estimate of drug-likeness (QED) is 0.0175. The van der Waals surface area contributed by atoms with Crippen LogP contribution < -0.4 is 17.2 Å². The van der Waals surface area contributed by atoms with E-state index in [0.717, 1.165) is 81.9 Å². The Bertz CT molecular complexity index is 992. The first-order chi connectivity index (χ1) is 27.2. The number of guanidine groups is 1. The summed E-state index contributed by atoms with van der Waals surface area (Å²) in [5.41, 5.74) is 17.1. The maximum absolute atomic E-state index is 13.8. The summed E-state index contributed by atoms with van der Waals surface area (Å²) in [6.07, 6.45) is 39.7. The molecular formula is C46H88ClN5O5. The summed E-state index contributed by atoms with van der Waals surface area (Å²) in [6, 6.07) is -3.55. The van der Waals surface area contributed by atoms with Gasteiger partial charge >= 0.3 is 0 Å². The topological polar surface area (TPSA) is 185 Å². The van der Waals surface area contributed by atoms with Crippen molar-refractivity contribution in [3.05, 3.63) is 24.3 Å². The van der Waals surface area contributed by atoms with Crippen LogP contribution in [0, 0.1) is 0 Å². The monoisotopic (exact) mass is 826 g/mol. The molecule has 0 rings (SSSR count). The standard InChI is InChI=1S/C46H87N5O5.ClH/c1-3-5-7-9-11-13-15-17-19-21-23-25-27-29-31-35-43(54)41(38-52)51(45(56)40(47)34-33-37-50-46(48)49)42(39-53)44(55)36-32-30-28-26-24-22-20-18-16-14-12-10-8-6-4-2;/h17-20,40-42,52-53H,3-16,21-39,47H2,1-2H3,(H4,48,49,50);1H/b19-17-,20-18-;/t40-,41?,42?;/m0./s1. The lowest BCUT2D eigenvalue weighted by Gasteiger charge is -2.37. The van der Waals surface area contributed by atoms with Crippen LogP contribution in [0.15, 0.2) is 29.3 Å². The van der Waals surface area contributed by atoms with Gasteiger partial charge in [0.1, 0.15) is 12.1 Å². The van der Waals surface area contributed by atoms with Crippen molar-refractivity contribution in [1.82, 2.24) is 4.90 Å². The molecule has 0 aromatic carbocycles. The summed E-state index contributed by atoms with van der Waals surface area (Å²) < 4.78 is 0. The molecule has 10 nitrogen and oxygen atoms in total. The average Bonchev–Trinajstić information content (AvgIpc) is 3.18. The maximum atomic E-state index is 13.8. The van der Waals surface area contributed by atoms with Gasteiger partial charge in [-0.3, -0.25) is 19.4 Å². The number of allylic oxidation sites excluding steroid dienone is 4. The van der Waals surface area contributed by atoms with Crippen molar-refractivity contribution >= 4 is 35.8 Å². The lowest BCUT2D eigenvalue weighted by molar-refractivity contribution is -0.150. The van der Waals surface area contributed by atoms with Crippen molar-refractivity contribution in [2.45, 2.75) is 225 Å². The van der Waals surface area contributed by atoms with Gasteiger partial charge in [-0.1, -0.05) is 141 Å². The van der Waals surface area contributed by atoms with Gasteiger partial charge in [0.15, 0.2) is 17.5 Å². The molecule has 3 atom stereocenters. The molecule has 0 fully saturated rings. The smallest absolute Gasteiger partial charge is 0.240 e. The van der Waals surface area contributed by atoms with E-state index in [0.29, 0.717) is 19.3 Å². The van der Waals surface area contributed by atoms with Crippen LogP contribution in [0.25, 0.3) is 0 Å². The summed E-state index contributed by atoms with van der Waals surface area (Å²) in [5, 5.41) is 20.9. The Balaban J connectivity index is 0. The van der Waals surface area contributed by atoms with E-state index in [-0.39, 0.29) is 55.7 Å². The van der Waals surface area contributed by atoms with Crippen LogP contribution in [0.2, 0.25) is 0 Å². The second kappa shape index (κ2) is 41.9. The Morgan fingerprint density at radius 2 is 0.877 bits per heavy atom. The highest BCUT2D eigenvalue weighted by Gasteiger charge is 2.39. The number of halogens is 1. The number of unbranched alkanes of at least 4 members (excludes halogenated alkanes) is 22. The molecule has 11 heteroatoms. The van der Waals surface area contributed by atoms with Gasteiger partial charge in [-0.2, -0.15) is 0 Å². The van der Waals surface area contributed by atoms with Crippen LogP contribution in [0.3, 0.4) is 0 Å². The van der Waals surface area contributed by atoms with E-state index in [1.165, 1.54) is 77.0 Å². The molecule has 0 aliphatic heterocycles. The summed E-state index contributed by atoms with van der Waals surface area (Å²) in [7, 11) is 0. The second-order valence-corrected chi connectivity index (χ2v) is 15.8. The molecule has 0 aliphatic rings. The molecule has 8 N–H and O–H groups in total. The van der Waals surface area contributed by atoms with Crippen LogP contribution in [0.5, 0.6) is 0 Å². The molecule has 334 valence electrons. The molecule has 0 radical (unpaired) electrons. The predicted molar refractivity (Wildman–Crippen MR) is 243 cm³/mol. The van der Waals surface area contributed by atoms with Crippen LogP contribution in [0.4, 0.5) is 0 Å². The number of ketones is 2. The van der Waals surface area contributed by atoms with Crippen LogP contribution in [-0.4, -0.2) is 76.4 Å². The van der Waals surface area contributed by atoms with Crippen LogP contribution >= 0.6 is 12.4 Å². The highest BCUT2D eigenvalue weighted by molar-refractivity contribution is 5.95. The molecular weight excluding hydrogens is 738 g/mol. The number of nitrogens with two attached hydrogens (primary N) is 3. The third-order valence-electron chi connectivity index (χ3n) is 10.7. The van der Waals surface area contributed by atoms with Crippen molar-refractivity contribution < 1.29 is 24.6 Å². The number of hydrogen-bond donors (Lipinski definition) is 5. The lowest BCUT2D eigenvalue weighted by atomic mass is 9.97. The molecule has 57 heavy (non-hydrogen) atoms. The Morgan fingerprint density at radius 1 is 0.544 bits per heavy atom. The van der Waals surface area contributed by atoms with Gasteiger partial charge in [0, 0.05) is 19.4 Å². The van der Waals surface area contributed by atoms with E-state index in [4.69, 9.17) is 17.2 Å². The molecule has 1 amide bonds. The molecule has 2 unspecified atom stereocenters. The number of aliphatic hydroxyl groups is 2. The highest BCUT2D eigenvalue weighted by Crippen LogP contribution is 2.19. The van der Waals surface area contributed by atoms with Gasteiger partial charge in [0.05, 0.1) is 19.3 Å². The number of nitrogens with zero attached hydrogens (tertiary/aromatic N) is 2. The zero-order valence-electron chi connectivity index (χ0n) is 36.5. The van der Waals surface area contributed by atoms with Crippen molar-refractivity contribution in [2.75, 3.05) is 19.8 Å². The van der Waals surface area contributed by atoms with Crippen molar-refractivity contribution in [3.8, 4) is 0 Å². The molecule has 0 aromatic rings. The average molecular weight is 827 g/mol. The number of carbonyl (C=O) groups is 3. The second-order valence-electron chi connectivity index (χ2n) is 15.8. The van der Waals surface area contributed by atoms with Crippen LogP contribution in [0.1, 0.15) is 206 Å². The zero-order valence-corrected chi connectivity index (χ0v) is 37.3. The van der Waals surface area contributed by atoms with E-state index in [1.807, 2.05) is 0 Å². The number of carbonyl (C=O) groups excluding carboxylic acids is 3. The first kappa shape index (κ1) is 56.8. The SMILES string of the molecule is CCCCCCCC/C=C\CCCCCCCC(=O)C(CO)N(C(=O)[C@@H](N)CCCN=C(N)N)C(CO)C(=O)CCCCCCC/C=C\CCCCCCCC.Cl. The van der Waals surface area contributed by atoms with Crippen molar-refractivity contribution in [1.29, 1.82) is 0 Å². The normalized spacial score (nSPS) is 13.1. The number of aliphatic imine (C=N–C) groups is 1. The Kier molecular flexibility index (Phi) is 41.7. The van der Waals surface area contributed by atoms with Gasteiger partial charge in [0.25, 0.3) is 0 Å². The summed E-state index contributed by atoms with van der Waals surface area (Å²) in [4.78, 5) is 45.8. The Morgan fingerprint density at radius 3 is 1.21 bits per heavy atom. The number of amides is 1. The van der Waals surface area contributed by atoms with Gasteiger partial charge in [-0.25, -0.2) is 0 Å². The maximum Gasteiger partial charge on any atom is 0.240 e. The first-order valence-corrected chi connectivity index (χ1v) is 22.9. The minimum atomic E-state index is -1.25. The fourth-order valence-electron chi connectivity index (χ4n) is 7.12. The zero-order chi connectivity index (χ0) is 41.5. The number of rotatable bonds is 41. The minimum Gasteiger partial charge on any atom is -0.394 e. The fourth-order valence-corrected chi connectivity index (χ4v) is 7.12. The summed E-state index contributed by atoms with van der Waals surface area (Å²) in [5.74, 6) is -1.34. The van der Waals surface area contributed by atoms with E-state index < -0.39 is 37.2 Å². The van der Waals surface area contributed by atoms with E-state index in [1.54, 1.807) is 0 Å². The number of Topliss-reactive ketones (excluding diaryl/α,β-unsaturated/α-hetero) is 2. The third-order valence-corrected chi connectivity index (χ3v) is 10.7. The fraction of sp³-hybridized carbons (Fsp3) is 0.826. The van der Waals surface area contributed by atoms with Gasteiger partial charge in [-0.15, -0.1) is 12.4 Å². The summed E-state index contributed by atoms with van der Waals surface area (Å²) in [6.45, 7) is 3.47.